The van der Waals surface area contributed by atoms with Crippen LogP contribution in [0.3, 0.4) is 0 Å². The monoisotopic (exact) mass is 270 g/mol. The molecule has 1 atom stereocenters. The molecule has 1 aromatic rings. The second-order valence-corrected chi connectivity index (χ2v) is 5.37. The normalized spacial score (nSPS) is 12.6. The number of rotatable bonds is 7. The number of benzene rings is 1. The molecule has 0 heterocycles. The minimum absolute atomic E-state index is 0.577. The first kappa shape index (κ1) is 16.1. The van der Waals surface area contributed by atoms with Crippen molar-refractivity contribution in [2.45, 2.75) is 32.5 Å². The van der Waals surface area contributed by atoms with E-state index in [0.717, 1.165) is 23.0 Å². The molecular weight excluding hydrogens is 247 g/mol. The van der Waals surface area contributed by atoms with E-state index < -0.39 is 0 Å². The van der Waals surface area contributed by atoms with Gasteiger partial charge in [-0.25, -0.2) is 0 Å². The molecule has 0 saturated carbocycles. The smallest absolute Gasteiger partial charge is 0.127 e. The van der Waals surface area contributed by atoms with Crippen LogP contribution in [0.5, 0.6) is 5.75 Å². The zero-order chi connectivity index (χ0) is 14.3. The highest BCUT2D eigenvalue weighted by Crippen LogP contribution is 2.28. The van der Waals surface area contributed by atoms with Gasteiger partial charge in [0.1, 0.15) is 22.0 Å². The fraction of sp³-hybridized carbons (Fsp3) is 0.412. The first-order valence-corrected chi connectivity index (χ1v) is 7.72. The van der Waals surface area contributed by atoms with Crippen LogP contribution < -0.4 is 4.74 Å². The van der Waals surface area contributed by atoms with E-state index in [4.69, 9.17) is 4.74 Å². The van der Waals surface area contributed by atoms with Crippen LogP contribution in [0.25, 0.3) is 12.2 Å². The molecule has 0 aromatic heterocycles. The van der Waals surface area contributed by atoms with Crippen LogP contribution in [-0.4, -0.2) is 22.9 Å². The topological polar surface area (TPSA) is 9.23 Å². The van der Waals surface area contributed by atoms with Gasteiger partial charge >= 0.3 is 0 Å². The van der Waals surface area contributed by atoms with Gasteiger partial charge in [0.15, 0.2) is 0 Å². The summed E-state index contributed by atoms with van der Waals surface area (Å²) in [6.45, 7) is 11.2. The predicted octanol–water partition coefficient (Wildman–Crippen LogP) is 4.66. The van der Waals surface area contributed by atoms with Crippen molar-refractivity contribution < 1.29 is 4.74 Å². The van der Waals surface area contributed by atoms with E-state index in [1.54, 1.807) is 0 Å². The summed E-state index contributed by atoms with van der Waals surface area (Å²) in [7, 11) is 0. The Morgan fingerprint density at radius 1 is 1.37 bits per heavy atom. The van der Waals surface area contributed by atoms with Gasteiger partial charge in [-0.05, 0) is 30.0 Å². The molecule has 1 aromatic carbocycles. The summed E-state index contributed by atoms with van der Waals surface area (Å²) >= 11 is 2.69. The minimum Gasteiger partial charge on any atom is -0.494 e. The van der Waals surface area contributed by atoms with Crippen molar-refractivity contribution in [3.05, 3.63) is 41.5 Å². The molecule has 0 aliphatic carbocycles. The molecule has 0 saturated heterocycles. The highest BCUT2D eigenvalue weighted by atomic mass is 27.0. The van der Waals surface area contributed by atoms with Gasteiger partial charge in [0.2, 0.25) is 0 Å². The molecule has 0 N–H and O–H groups in total. The molecule has 19 heavy (non-hydrogen) atoms. The van der Waals surface area contributed by atoms with Gasteiger partial charge in [-0.3, -0.25) is 0 Å². The van der Waals surface area contributed by atoms with Gasteiger partial charge in [-0.15, -0.1) is 0 Å². The molecule has 0 aliphatic heterocycles. The number of aryl methyl sites for hydroxylation is 1. The highest BCUT2D eigenvalue weighted by molar-refractivity contribution is 6.08. The van der Waals surface area contributed by atoms with Crippen molar-refractivity contribution in [3.63, 3.8) is 0 Å². The lowest BCUT2D eigenvalue weighted by molar-refractivity contribution is 0.339. The van der Waals surface area contributed by atoms with Crippen molar-refractivity contribution in [1.29, 1.82) is 0 Å². The van der Waals surface area contributed by atoms with Crippen LogP contribution in [-0.2, 0) is 0 Å². The molecule has 1 nitrogen and oxygen atoms in total. The van der Waals surface area contributed by atoms with Crippen LogP contribution in [0.15, 0.2) is 24.8 Å². The van der Waals surface area contributed by atoms with Gasteiger partial charge in [0.05, 0.1) is 6.61 Å². The molecule has 0 amide bonds. The highest BCUT2D eigenvalue weighted by Gasteiger charge is 2.08. The zero-order valence-corrected chi connectivity index (χ0v) is 13.4. The number of ether oxygens (including phenoxy) is 1. The van der Waals surface area contributed by atoms with Crippen molar-refractivity contribution >= 4 is 28.4 Å². The molecule has 1 unspecified atom stereocenters. The summed E-state index contributed by atoms with van der Waals surface area (Å²) in [5, 5.41) is 0.936. The van der Waals surface area contributed by atoms with Gasteiger partial charge in [0, 0.05) is 5.56 Å². The maximum atomic E-state index is 5.83. The standard InChI is InChI=1S/C17H23O.Al/c1-6-13(4)9-11-16-15(7-2)14(5)10-12-17(16)18-8-3;/h7,9-13H,2-3,6,8H2,1,4-5H3;/b11-9-;. The Hall–Kier alpha value is -0.968. The molecule has 2 heteroatoms. The van der Waals surface area contributed by atoms with E-state index in [1.807, 2.05) is 6.08 Å². The lowest BCUT2D eigenvalue weighted by Crippen LogP contribution is -2.00. The predicted molar refractivity (Wildman–Crippen MR) is 85.8 cm³/mol. The van der Waals surface area contributed by atoms with Crippen LogP contribution in [0.1, 0.15) is 37.0 Å². The third-order valence-electron chi connectivity index (χ3n) is 3.28. The summed E-state index contributed by atoms with van der Waals surface area (Å²) in [6, 6.07) is 4.15. The zero-order valence-electron chi connectivity index (χ0n) is 12.3. The Balaban J connectivity index is 3.17. The van der Waals surface area contributed by atoms with Crippen molar-refractivity contribution in [3.8, 4) is 5.75 Å². The summed E-state index contributed by atoms with van der Waals surface area (Å²) in [6.07, 6.45) is 7.48. The first-order chi connectivity index (χ1) is 9.13. The van der Waals surface area contributed by atoms with Crippen molar-refractivity contribution in [2.75, 3.05) is 6.61 Å². The molecule has 2 radical (unpaired) electrons. The van der Waals surface area contributed by atoms with E-state index in [2.05, 4.69) is 67.9 Å². The largest absolute Gasteiger partial charge is 0.494 e. The Morgan fingerprint density at radius 3 is 2.68 bits per heavy atom. The van der Waals surface area contributed by atoms with E-state index >= 15 is 0 Å². The average molecular weight is 270 g/mol. The van der Waals surface area contributed by atoms with E-state index in [9.17, 15) is 0 Å². The maximum Gasteiger partial charge on any atom is 0.127 e. The Morgan fingerprint density at radius 2 is 2.11 bits per heavy atom. The van der Waals surface area contributed by atoms with Crippen LogP contribution in [0.2, 0.25) is 5.28 Å². The van der Waals surface area contributed by atoms with E-state index in [-0.39, 0.29) is 0 Å². The lowest BCUT2D eigenvalue weighted by Gasteiger charge is -2.14. The SMILES string of the molecule is C=Cc1c(C)ccc(OC[CH2][Al])c1/C=C\C(C)CC. The maximum absolute atomic E-state index is 5.83. The van der Waals surface area contributed by atoms with Gasteiger partial charge in [-0.1, -0.05) is 56.4 Å². The van der Waals surface area contributed by atoms with Crippen LogP contribution in [0, 0.1) is 12.8 Å². The fourth-order valence-electron chi connectivity index (χ4n) is 1.86. The van der Waals surface area contributed by atoms with Gasteiger partial charge in [-0.2, -0.15) is 0 Å². The van der Waals surface area contributed by atoms with Crippen LogP contribution in [0.4, 0.5) is 0 Å². The van der Waals surface area contributed by atoms with E-state index in [1.165, 1.54) is 11.1 Å². The second-order valence-electron chi connectivity index (χ2n) is 4.79. The molecule has 1 rings (SSSR count). The molecule has 0 spiro atoms. The molecule has 0 fully saturated rings. The Bertz CT molecular complexity index is 449. The van der Waals surface area contributed by atoms with Crippen molar-refractivity contribution in [2.24, 2.45) is 5.92 Å². The summed E-state index contributed by atoms with van der Waals surface area (Å²) in [5.74, 6) is 1.52. The number of hydrogen-bond donors (Lipinski definition) is 0. The van der Waals surface area contributed by atoms with Gasteiger partial charge in [0.25, 0.3) is 0 Å². The first-order valence-electron chi connectivity index (χ1n) is 6.91. The van der Waals surface area contributed by atoms with Crippen molar-refractivity contribution in [1.82, 2.24) is 0 Å². The van der Waals surface area contributed by atoms with E-state index in [0.29, 0.717) is 12.5 Å². The minimum atomic E-state index is 0.577. The molecule has 100 valence electrons. The number of hydrogen-bond acceptors (Lipinski definition) is 1. The lowest BCUT2D eigenvalue weighted by atomic mass is 9.98. The summed E-state index contributed by atoms with van der Waals surface area (Å²) < 4.78 is 5.83. The molecule has 0 aliphatic rings. The Kier molecular flexibility index (Phi) is 6.99. The quantitative estimate of drug-likeness (QED) is 0.655. The van der Waals surface area contributed by atoms with Gasteiger partial charge < -0.3 is 4.74 Å². The third-order valence-corrected chi connectivity index (χ3v) is 3.52. The molecular formula is C17H23AlO. The Labute approximate surface area is 125 Å². The molecule has 0 bridgehead atoms. The summed E-state index contributed by atoms with van der Waals surface area (Å²) in [5.41, 5.74) is 3.55. The second kappa shape index (κ2) is 8.25. The summed E-state index contributed by atoms with van der Waals surface area (Å²) in [4.78, 5) is 0. The fourth-order valence-corrected chi connectivity index (χ4v) is 1.98. The average Bonchev–Trinajstić information content (AvgIpc) is 2.43. The number of allylic oxidation sites excluding steroid dienone is 1. The third kappa shape index (κ3) is 4.57. The van der Waals surface area contributed by atoms with Crippen LogP contribution >= 0.6 is 0 Å².